The summed E-state index contributed by atoms with van der Waals surface area (Å²) in [5, 5.41) is 0.0259. The number of hydrogen-bond acceptors (Lipinski definition) is 2. The first-order valence-corrected chi connectivity index (χ1v) is 6.12. The van der Waals surface area contributed by atoms with Gasteiger partial charge in [0.15, 0.2) is 5.12 Å². The third-order valence-corrected chi connectivity index (χ3v) is 2.76. The Morgan fingerprint density at radius 2 is 2.31 bits per heavy atom. The molecular formula is C12H10ClFOS. The maximum atomic E-state index is 13.3. The van der Waals surface area contributed by atoms with Crippen molar-refractivity contribution in [1.82, 2.24) is 0 Å². The van der Waals surface area contributed by atoms with E-state index in [1.807, 2.05) is 0 Å². The van der Waals surface area contributed by atoms with E-state index < -0.39 is 0 Å². The molecule has 0 aromatic heterocycles. The first-order chi connectivity index (χ1) is 7.63. The van der Waals surface area contributed by atoms with Crippen molar-refractivity contribution in [1.29, 1.82) is 0 Å². The zero-order valence-corrected chi connectivity index (χ0v) is 10.3. The Morgan fingerprint density at radius 3 is 2.88 bits per heavy atom. The van der Waals surface area contributed by atoms with Gasteiger partial charge in [-0.3, -0.25) is 4.79 Å². The highest BCUT2D eigenvalue weighted by Gasteiger charge is 2.00. The highest BCUT2D eigenvalue weighted by molar-refractivity contribution is 8.13. The van der Waals surface area contributed by atoms with Crippen LogP contribution >= 0.6 is 23.4 Å². The van der Waals surface area contributed by atoms with Crippen LogP contribution in [0.4, 0.5) is 4.39 Å². The zero-order valence-electron chi connectivity index (χ0n) is 8.72. The molecule has 16 heavy (non-hydrogen) atoms. The molecule has 1 aromatic carbocycles. The highest BCUT2D eigenvalue weighted by Crippen LogP contribution is 2.12. The summed E-state index contributed by atoms with van der Waals surface area (Å²) in [5.74, 6) is 5.81. The van der Waals surface area contributed by atoms with Crippen molar-refractivity contribution in [2.45, 2.75) is 12.8 Å². The molecule has 1 nitrogen and oxygen atoms in total. The van der Waals surface area contributed by atoms with Crippen LogP contribution in [-0.2, 0) is 10.7 Å². The van der Waals surface area contributed by atoms with Crippen LogP contribution in [0.1, 0.15) is 18.1 Å². The molecule has 0 heterocycles. The van der Waals surface area contributed by atoms with Gasteiger partial charge in [0.25, 0.3) is 0 Å². The van der Waals surface area contributed by atoms with E-state index in [9.17, 15) is 9.18 Å². The third-order valence-electron chi connectivity index (χ3n) is 1.78. The Hall–Kier alpha value is -0.980. The van der Waals surface area contributed by atoms with Crippen molar-refractivity contribution in [3.63, 3.8) is 0 Å². The van der Waals surface area contributed by atoms with Crippen molar-refractivity contribution in [2.75, 3.05) is 5.75 Å². The van der Waals surface area contributed by atoms with Gasteiger partial charge < -0.3 is 0 Å². The molecule has 0 bridgehead atoms. The lowest BCUT2D eigenvalue weighted by Crippen LogP contribution is -1.87. The second-order valence-electron chi connectivity index (χ2n) is 3.02. The van der Waals surface area contributed by atoms with Crippen LogP contribution in [0.5, 0.6) is 0 Å². The van der Waals surface area contributed by atoms with Gasteiger partial charge in [-0.05, 0) is 12.1 Å². The van der Waals surface area contributed by atoms with Crippen LogP contribution in [-0.4, -0.2) is 10.9 Å². The largest absolute Gasteiger partial charge is 0.288 e. The topological polar surface area (TPSA) is 17.1 Å². The standard InChI is InChI=1S/C12H10ClFOS/c1-9(15)16-6-2-3-10-4-5-11(8-13)12(14)7-10/h4-5,7H,6,8H2,1H3. The van der Waals surface area contributed by atoms with E-state index in [1.165, 1.54) is 13.0 Å². The van der Waals surface area contributed by atoms with Gasteiger partial charge in [0.2, 0.25) is 0 Å². The average molecular weight is 257 g/mol. The zero-order chi connectivity index (χ0) is 12.0. The fourth-order valence-electron chi connectivity index (χ4n) is 1.01. The molecule has 0 atom stereocenters. The first-order valence-electron chi connectivity index (χ1n) is 4.60. The van der Waals surface area contributed by atoms with Crippen LogP contribution in [0.3, 0.4) is 0 Å². The molecule has 1 aromatic rings. The summed E-state index contributed by atoms with van der Waals surface area (Å²) in [5.41, 5.74) is 1.06. The number of carbonyl (C=O) groups excluding carboxylic acids is 1. The van der Waals surface area contributed by atoms with Gasteiger partial charge in [0.05, 0.1) is 11.6 Å². The lowest BCUT2D eigenvalue weighted by Gasteiger charge is -1.97. The number of benzene rings is 1. The van der Waals surface area contributed by atoms with Crippen molar-refractivity contribution < 1.29 is 9.18 Å². The molecule has 0 saturated heterocycles. The second-order valence-corrected chi connectivity index (χ2v) is 4.44. The molecule has 0 N–H and O–H groups in total. The highest BCUT2D eigenvalue weighted by atomic mass is 35.5. The number of halogens is 2. The molecule has 0 spiro atoms. The molecular weight excluding hydrogens is 247 g/mol. The van der Waals surface area contributed by atoms with Gasteiger partial charge >= 0.3 is 0 Å². The molecule has 4 heteroatoms. The summed E-state index contributed by atoms with van der Waals surface area (Å²) in [4.78, 5) is 10.6. The molecule has 84 valence electrons. The van der Waals surface area contributed by atoms with E-state index in [0.717, 1.165) is 11.8 Å². The Balaban J connectivity index is 2.67. The van der Waals surface area contributed by atoms with Crippen LogP contribution < -0.4 is 0 Å². The fourth-order valence-corrected chi connectivity index (χ4v) is 1.57. The summed E-state index contributed by atoms with van der Waals surface area (Å²) in [6.07, 6.45) is 0. The Kier molecular flexibility index (Phi) is 5.37. The lowest BCUT2D eigenvalue weighted by molar-refractivity contribution is -0.109. The van der Waals surface area contributed by atoms with Gasteiger partial charge in [-0.1, -0.05) is 29.7 Å². The smallest absolute Gasteiger partial charge is 0.186 e. The molecule has 0 aliphatic heterocycles. The minimum Gasteiger partial charge on any atom is -0.288 e. The maximum absolute atomic E-state index is 13.3. The normalized spacial score (nSPS) is 9.44. The summed E-state index contributed by atoms with van der Waals surface area (Å²) >= 11 is 6.66. The number of alkyl halides is 1. The van der Waals surface area contributed by atoms with E-state index >= 15 is 0 Å². The van der Waals surface area contributed by atoms with E-state index in [2.05, 4.69) is 11.8 Å². The van der Waals surface area contributed by atoms with Crippen molar-refractivity contribution in [3.05, 3.63) is 35.1 Å². The molecule has 0 radical (unpaired) electrons. The van der Waals surface area contributed by atoms with Crippen LogP contribution in [0.25, 0.3) is 0 Å². The van der Waals surface area contributed by atoms with E-state index in [1.54, 1.807) is 12.1 Å². The summed E-state index contributed by atoms with van der Waals surface area (Å²) in [6.45, 7) is 1.49. The van der Waals surface area contributed by atoms with Crippen molar-refractivity contribution in [3.8, 4) is 11.8 Å². The minimum atomic E-state index is -0.346. The monoisotopic (exact) mass is 256 g/mol. The van der Waals surface area contributed by atoms with Crippen molar-refractivity contribution >= 4 is 28.5 Å². The second kappa shape index (κ2) is 6.57. The molecule has 0 saturated carbocycles. The number of hydrogen-bond donors (Lipinski definition) is 0. The molecule has 0 amide bonds. The van der Waals surface area contributed by atoms with Crippen LogP contribution in [0.2, 0.25) is 0 Å². The van der Waals surface area contributed by atoms with Gasteiger partial charge in [0.1, 0.15) is 5.82 Å². The first kappa shape index (κ1) is 13.1. The van der Waals surface area contributed by atoms with Crippen molar-refractivity contribution in [2.24, 2.45) is 0 Å². The number of carbonyl (C=O) groups is 1. The van der Waals surface area contributed by atoms with Crippen LogP contribution in [0, 0.1) is 17.7 Å². The molecule has 0 aliphatic rings. The van der Waals surface area contributed by atoms with Gasteiger partial charge in [0, 0.05) is 18.1 Å². The Bertz CT molecular complexity index is 448. The van der Waals surface area contributed by atoms with E-state index in [4.69, 9.17) is 11.6 Å². The molecule has 0 aliphatic carbocycles. The predicted molar refractivity (Wildman–Crippen MR) is 66.0 cm³/mol. The quantitative estimate of drug-likeness (QED) is 0.597. The molecule has 1 rings (SSSR count). The van der Waals surface area contributed by atoms with Gasteiger partial charge in [-0.25, -0.2) is 4.39 Å². The lowest BCUT2D eigenvalue weighted by atomic mass is 10.1. The molecule has 0 fully saturated rings. The van der Waals surface area contributed by atoms with Gasteiger partial charge in [-0.2, -0.15) is 0 Å². The SMILES string of the molecule is CC(=O)SCC#Cc1ccc(CCl)c(F)c1. The minimum absolute atomic E-state index is 0.0259. The Labute approximate surface area is 103 Å². The number of rotatable bonds is 2. The summed E-state index contributed by atoms with van der Waals surface area (Å²) in [6, 6.07) is 4.68. The van der Waals surface area contributed by atoms with Gasteiger partial charge in [-0.15, -0.1) is 11.6 Å². The Morgan fingerprint density at radius 1 is 1.56 bits per heavy atom. The summed E-state index contributed by atoms with van der Waals surface area (Å²) < 4.78 is 13.3. The predicted octanol–water partition coefficient (Wildman–Crippen LogP) is 3.20. The maximum Gasteiger partial charge on any atom is 0.186 e. The number of thioether (sulfide) groups is 1. The summed E-state index contributed by atoms with van der Waals surface area (Å²) in [7, 11) is 0. The van der Waals surface area contributed by atoms with E-state index in [-0.39, 0.29) is 16.8 Å². The third kappa shape index (κ3) is 4.26. The van der Waals surface area contributed by atoms with Crippen LogP contribution in [0.15, 0.2) is 18.2 Å². The van der Waals surface area contributed by atoms with E-state index in [0.29, 0.717) is 16.9 Å². The average Bonchev–Trinajstić information content (AvgIpc) is 2.24. The molecule has 0 unspecified atom stereocenters. The fraction of sp³-hybridized carbons (Fsp3) is 0.250.